The molecule has 2 aromatic rings. The summed E-state index contributed by atoms with van der Waals surface area (Å²) in [6.45, 7) is 6.64. The predicted molar refractivity (Wildman–Crippen MR) is 107 cm³/mol. The van der Waals surface area contributed by atoms with Crippen LogP contribution in [0.4, 0.5) is 4.79 Å². The van der Waals surface area contributed by atoms with Gasteiger partial charge in [-0.1, -0.05) is 31.9 Å². The van der Waals surface area contributed by atoms with Crippen LogP contribution in [-0.4, -0.2) is 29.3 Å². The molecule has 1 aliphatic rings. The Kier molecular flexibility index (Phi) is 6.39. The molecule has 7 heteroatoms. The Balaban J connectivity index is 2.00. The van der Waals surface area contributed by atoms with E-state index in [1.54, 1.807) is 19.1 Å². The zero-order valence-corrected chi connectivity index (χ0v) is 17.2. The van der Waals surface area contributed by atoms with E-state index in [0.717, 1.165) is 24.8 Å². The Morgan fingerprint density at radius 3 is 2.50 bits per heavy atom. The van der Waals surface area contributed by atoms with Crippen LogP contribution < -0.4 is 9.47 Å². The molecule has 0 amide bonds. The van der Waals surface area contributed by atoms with E-state index in [9.17, 15) is 4.79 Å². The van der Waals surface area contributed by atoms with Gasteiger partial charge in [0.15, 0.2) is 5.82 Å². The fourth-order valence-electron chi connectivity index (χ4n) is 2.64. The number of benzene rings is 1. The lowest BCUT2D eigenvalue weighted by atomic mass is 10.1. The molecule has 3 rings (SSSR count). The van der Waals surface area contributed by atoms with Crippen LogP contribution in [0.1, 0.15) is 45.7 Å². The molecule has 0 spiro atoms. The topological polar surface area (TPSA) is 70.5 Å². The molecular formula is C21H25ClN2O4. The van der Waals surface area contributed by atoms with Gasteiger partial charge in [-0.05, 0) is 50.5 Å². The molecule has 150 valence electrons. The van der Waals surface area contributed by atoms with Crippen molar-refractivity contribution >= 4 is 17.8 Å². The lowest BCUT2D eigenvalue weighted by Gasteiger charge is -2.17. The summed E-state index contributed by atoms with van der Waals surface area (Å²) in [5.74, 6) is 1.01. The third-order valence-corrected chi connectivity index (χ3v) is 4.85. The number of rotatable bonds is 8. The maximum atomic E-state index is 12.0. The smallest absolute Gasteiger partial charge is 0.474 e. The lowest BCUT2D eigenvalue weighted by Crippen LogP contribution is -2.16. The van der Waals surface area contributed by atoms with Crippen molar-refractivity contribution in [2.45, 2.75) is 46.5 Å². The van der Waals surface area contributed by atoms with E-state index in [4.69, 9.17) is 25.8 Å². The van der Waals surface area contributed by atoms with Crippen molar-refractivity contribution in [3.63, 3.8) is 0 Å². The molecule has 0 radical (unpaired) electrons. The van der Waals surface area contributed by atoms with Crippen molar-refractivity contribution in [1.29, 1.82) is 0 Å². The molecule has 1 aliphatic carbocycles. The lowest BCUT2D eigenvalue weighted by molar-refractivity contribution is 0.101. The van der Waals surface area contributed by atoms with Gasteiger partial charge >= 0.3 is 6.16 Å². The molecule has 0 unspecified atom stereocenters. The van der Waals surface area contributed by atoms with Gasteiger partial charge in [0.1, 0.15) is 0 Å². The summed E-state index contributed by atoms with van der Waals surface area (Å²) in [5, 5.41) is 0.637. The van der Waals surface area contributed by atoms with Crippen LogP contribution in [0.3, 0.4) is 0 Å². The Hall–Kier alpha value is -2.34. The van der Waals surface area contributed by atoms with E-state index < -0.39 is 6.16 Å². The van der Waals surface area contributed by atoms with Crippen molar-refractivity contribution < 1.29 is 19.0 Å². The fraction of sp³-hybridized carbons (Fsp3) is 0.476. The highest BCUT2D eigenvalue weighted by Crippen LogP contribution is 2.45. The molecule has 1 heterocycles. The van der Waals surface area contributed by atoms with E-state index >= 15 is 0 Å². The van der Waals surface area contributed by atoms with Gasteiger partial charge in [-0.25, -0.2) is 9.78 Å². The molecule has 6 nitrogen and oxygen atoms in total. The van der Waals surface area contributed by atoms with Crippen LogP contribution in [0.2, 0.25) is 5.02 Å². The quantitative estimate of drug-likeness (QED) is 0.544. The Morgan fingerprint density at radius 1 is 1.18 bits per heavy atom. The van der Waals surface area contributed by atoms with Crippen LogP contribution >= 0.6 is 11.6 Å². The summed E-state index contributed by atoms with van der Waals surface area (Å²) in [4.78, 5) is 21.1. The fourth-order valence-corrected chi connectivity index (χ4v) is 2.77. The van der Waals surface area contributed by atoms with Gasteiger partial charge in [-0.3, -0.25) is 0 Å². The van der Waals surface area contributed by atoms with E-state index in [1.165, 1.54) is 0 Å². The first-order valence-corrected chi connectivity index (χ1v) is 9.96. The highest BCUT2D eigenvalue weighted by molar-refractivity contribution is 6.30. The van der Waals surface area contributed by atoms with E-state index in [0.29, 0.717) is 29.6 Å². The normalized spacial score (nSPS) is 14.4. The minimum absolute atomic E-state index is 0.150. The molecule has 1 fully saturated rings. The number of aromatic nitrogens is 2. The highest BCUT2D eigenvalue weighted by atomic mass is 35.5. The van der Waals surface area contributed by atoms with Gasteiger partial charge in [0.25, 0.3) is 5.88 Å². The van der Waals surface area contributed by atoms with E-state index in [1.807, 2.05) is 19.1 Å². The third-order valence-electron chi connectivity index (χ3n) is 4.60. The maximum absolute atomic E-state index is 12.0. The summed E-state index contributed by atoms with van der Waals surface area (Å²) >= 11 is 5.99. The SMILES string of the molecule is CCCc1nc(-c2ccc(Cl)cc2)nc(OCC2(C)CC2)c1OC(=O)OCC. The zero-order chi connectivity index (χ0) is 20.1. The van der Waals surface area contributed by atoms with Gasteiger partial charge < -0.3 is 14.2 Å². The first-order chi connectivity index (χ1) is 13.4. The molecule has 1 aromatic heterocycles. The number of hydrogen-bond donors (Lipinski definition) is 0. The second-order valence-electron chi connectivity index (χ2n) is 7.27. The summed E-state index contributed by atoms with van der Waals surface area (Å²) in [5.41, 5.74) is 1.58. The molecule has 0 aliphatic heterocycles. The maximum Gasteiger partial charge on any atom is 0.514 e. The predicted octanol–water partition coefficient (Wildman–Crippen LogP) is 5.46. The zero-order valence-electron chi connectivity index (χ0n) is 16.5. The van der Waals surface area contributed by atoms with Gasteiger partial charge in [0.2, 0.25) is 5.75 Å². The molecule has 1 aromatic carbocycles. The molecule has 0 atom stereocenters. The van der Waals surface area contributed by atoms with Crippen LogP contribution in [-0.2, 0) is 11.2 Å². The van der Waals surface area contributed by atoms with Crippen molar-refractivity contribution in [1.82, 2.24) is 9.97 Å². The number of carbonyl (C=O) groups is 1. The Morgan fingerprint density at radius 2 is 1.89 bits per heavy atom. The van der Waals surface area contributed by atoms with E-state index in [2.05, 4.69) is 16.9 Å². The highest BCUT2D eigenvalue weighted by Gasteiger charge is 2.38. The van der Waals surface area contributed by atoms with E-state index in [-0.39, 0.29) is 23.7 Å². The van der Waals surface area contributed by atoms with Crippen molar-refractivity contribution in [3.05, 3.63) is 35.0 Å². The number of carbonyl (C=O) groups excluding carboxylic acids is 1. The third kappa shape index (κ3) is 5.13. The van der Waals surface area contributed by atoms with Crippen LogP contribution in [0.15, 0.2) is 24.3 Å². The van der Waals surface area contributed by atoms with Crippen molar-refractivity contribution in [2.75, 3.05) is 13.2 Å². The molecular weight excluding hydrogens is 380 g/mol. The second kappa shape index (κ2) is 8.78. The molecule has 1 saturated carbocycles. The molecule has 0 bridgehead atoms. The van der Waals surface area contributed by atoms with Crippen LogP contribution in [0.25, 0.3) is 11.4 Å². The average Bonchev–Trinajstić information content (AvgIpc) is 3.40. The first-order valence-electron chi connectivity index (χ1n) is 9.58. The van der Waals surface area contributed by atoms with Crippen molar-refractivity contribution in [2.24, 2.45) is 5.41 Å². The summed E-state index contributed by atoms with van der Waals surface area (Å²) < 4.78 is 16.4. The monoisotopic (exact) mass is 404 g/mol. The number of aryl methyl sites for hydroxylation is 1. The minimum Gasteiger partial charge on any atom is -0.474 e. The Labute approximate surface area is 170 Å². The standard InChI is InChI=1S/C21H25ClN2O4/c1-4-6-16-17(28-20(25)26-5-2)19(27-13-21(3)11-12-21)24-18(23-16)14-7-9-15(22)10-8-14/h7-10H,4-6,11-13H2,1-3H3. The second-order valence-corrected chi connectivity index (χ2v) is 7.71. The number of ether oxygens (including phenoxy) is 3. The molecule has 0 N–H and O–H groups in total. The summed E-state index contributed by atoms with van der Waals surface area (Å²) in [7, 11) is 0. The number of nitrogens with zero attached hydrogens (tertiary/aromatic N) is 2. The van der Waals surface area contributed by atoms with Gasteiger partial charge in [-0.2, -0.15) is 4.98 Å². The first kappa shape index (κ1) is 20.4. The molecule has 0 saturated heterocycles. The van der Waals surface area contributed by atoms with Gasteiger partial charge in [0.05, 0.1) is 18.9 Å². The summed E-state index contributed by atoms with van der Waals surface area (Å²) in [6.07, 6.45) is 2.87. The minimum atomic E-state index is -0.787. The van der Waals surface area contributed by atoms with Crippen LogP contribution in [0, 0.1) is 5.41 Å². The van der Waals surface area contributed by atoms with Gasteiger partial charge in [-0.15, -0.1) is 0 Å². The summed E-state index contributed by atoms with van der Waals surface area (Å²) in [6, 6.07) is 7.28. The van der Waals surface area contributed by atoms with Crippen LogP contribution in [0.5, 0.6) is 11.6 Å². The van der Waals surface area contributed by atoms with Crippen molar-refractivity contribution in [3.8, 4) is 23.0 Å². The largest absolute Gasteiger partial charge is 0.514 e. The average molecular weight is 405 g/mol. The molecule has 28 heavy (non-hydrogen) atoms. The number of hydrogen-bond acceptors (Lipinski definition) is 6. The Bertz CT molecular complexity index is 835. The van der Waals surface area contributed by atoms with Gasteiger partial charge in [0, 0.05) is 16.0 Å². The number of halogens is 1.